The van der Waals surface area contributed by atoms with Gasteiger partial charge < -0.3 is 4.74 Å². The molecule has 0 aliphatic carbocycles. The van der Waals surface area contributed by atoms with Gasteiger partial charge in [-0.15, -0.1) is 0 Å². The van der Waals surface area contributed by atoms with Gasteiger partial charge in [0.2, 0.25) is 0 Å². The summed E-state index contributed by atoms with van der Waals surface area (Å²) in [6.07, 6.45) is 0.810. The minimum Gasteiger partial charge on any atom is -0.497 e. The van der Waals surface area contributed by atoms with E-state index in [9.17, 15) is 4.21 Å². The van der Waals surface area contributed by atoms with Crippen LogP contribution in [0.1, 0.15) is 11.1 Å². The van der Waals surface area contributed by atoms with Crippen molar-refractivity contribution in [1.82, 2.24) is 0 Å². The largest absolute Gasteiger partial charge is 0.497 e. The van der Waals surface area contributed by atoms with E-state index < -0.39 is 10.8 Å². The Hall–Kier alpha value is -1.61. The van der Waals surface area contributed by atoms with Crippen LogP contribution < -0.4 is 4.74 Å². The number of hydrogen-bond donors (Lipinski definition) is 0. The number of ether oxygens (including phenoxy) is 1. The van der Waals surface area contributed by atoms with Crippen LogP contribution >= 0.6 is 0 Å². The number of hydrogen-bond acceptors (Lipinski definition) is 2. The van der Waals surface area contributed by atoms with Crippen molar-refractivity contribution < 1.29 is 8.95 Å². The molecule has 100 valence electrons. The molecule has 1 atom stereocenters. The van der Waals surface area contributed by atoms with Gasteiger partial charge in [0, 0.05) is 10.6 Å². The van der Waals surface area contributed by atoms with Gasteiger partial charge in [-0.2, -0.15) is 0 Å². The molecule has 0 fully saturated rings. The molecule has 2 aromatic carbocycles. The standard InChI is InChI=1S/C16H18O2S/c1-13-3-9-16(10-4-13)19(17)12-11-14-5-7-15(18-2)8-6-14/h3-10H,11-12H2,1-2H3. The second-order valence-corrected chi connectivity index (χ2v) is 6.03. The fourth-order valence-corrected chi connectivity index (χ4v) is 2.91. The Morgan fingerprint density at radius 3 is 2.21 bits per heavy atom. The minimum atomic E-state index is -0.931. The van der Waals surface area contributed by atoms with Crippen LogP contribution in [0.25, 0.3) is 0 Å². The third-order valence-corrected chi connectivity index (χ3v) is 4.39. The van der Waals surface area contributed by atoms with Crippen LogP contribution in [0.15, 0.2) is 53.4 Å². The fourth-order valence-electron chi connectivity index (χ4n) is 1.81. The molecular formula is C16H18O2S. The zero-order chi connectivity index (χ0) is 13.7. The molecule has 0 aromatic heterocycles. The zero-order valence-corrected chi connectivity index (χ0v) is 12.1. The third kappa shape index (κ3) is 3.93. The Morgan fingerprint density at radius 1 is 1.00 bits per heavy atom. The van der Waals surface area contributed by atoms with E-state index in [0.717, 1.165) is 17.1 Å². The maximum atomic E-state index is 12.1. The fraction of sp³-hybridized carbons (Fsp3) is 0.250. The van der Waals surface area contributed by atoms with Crippen molar-refractivity contribution in [3.05, 3.63) is 59.7 Å². The molecule has 0 heterocycles. The number of aryl methyl sites for hydroxylation is 2. The predicted molar refractivity (Wildman–Crippen MR) is 79.2 cm³/mol. The average molecular weight is 274 g/mol. The monoisotopic (exact) mass is 274 g/mol. The highest BCUT2D eigenvalue weighted by Crippen LogP contribution is 2.14. The van der Waals surface area contributed by atoms with Gasteiger partial charge in [0.1, 0.15) is 5.75 Å². The molecule has 0 amide bonds. The normalized spacial score (nSPS) is 12.1. The number of benzene rings is 2. The SMILES string of the molecule is COc1ccc(CCS(=O)c2ccc(C)cc2)cc1. The van der Waals surface area contributed by atoms with E-state index in [-0.39, 0.29) is 0 Å². The maximum Gasteiger partial charge on any atom is 0.118 e. The van der Waals surface area contributed by atoms with Gasteiger partial charge in [-0.1, -0.05) is 29.8 Å². The van der Waals surface area contributed by atoms with Crippen LogP contribution in [0.2, 0.25) is 0 Å². The second kappa shape index (κ2) is 6.53. The van der Waals surface area contributed by atoms with E-state index in [1.165, 1.54) is 11.1 Å². The molecule has 0 spiro atoms. The molecule has 0 N–H and O–H groups in total. The lowest BCUT2D eigenvalue weighted by Gasteiger charge is -2.04. The smallest absolute Gasteiger partial charge is 0.118 e. The first-order valence-corrected chi connectivity index (χ1v) is 7.59. The summed E-state index contributed by atoms with van der Waals surface area (Å²) in [5.41, 5.74) is 2.37. The van der Waals surface area contributed by atoms with Crippen LogP contribution in [0.5, 0.6) is 5.75 Å². The Labute approximate surface area is 116 Å². The van der Waals surface area contributed by atoms with Gasteiger partial charge in [0.15, 0.2) is 0 Å². The number of rotatable bonds is 5. The highest BCUT2D eigenvalue weighted by atomic mass is 32.2. The van der Waals surface area contributed by atoms with Crippen molar-refractivity contribution in [2.75, 3.05) is 12.9 Å². The van der Waals surface area contributed by atoms with Gasteiger partial charge in [-0.25, -0.2) is 0 Å². The molecule has 0 bridgehead atoms. The maximum absolute atomic E-state index is 12.1. The average Bonchev–Trinajstić information content (AvgIpc) is 2.46. The van der Waals surface area contributed by atoms with E-state index in [0.29, 0.717) is 5.75 Å². The van der Waals surface area contributed by atoms with E-state index >= 15 is 0 Å². The van der Waals surface area contributed by atoms with Crippen LogP contribution in [0, 0.1) is 6.92 Å². The van der Waals surface area contributed by atoms with E-state index in [2.05, 4.69) is 0 Å². The Morgan fingerprint density at radius 2 is 1.63 bits per heavy atom. The third-order valence-electron chi connectivity index (χ3n) is 3.02. The van der Waals surface area contributed by atoms with Crippen LogP contribution in [-0.2, 0) is 17.2 Å². The lowest BCUT2D eigenvalue weighted by atomic mass is 10.2. The molecule has 3 heteroatoms. The molecule has 0 aliphatic rings. The molecule has 0 saturated heterocycles. The molecule has 1 unspecified atom stereocenters. The predicted octanol–water partition coefficient (Wildman–Crippen LogP) is 3.35. The van der Waals surface area contributed by atoms with Crippen molar-refractivity contribution in [2.45, 2.75) is 18.2 Å². The first kappa shape index (κ1) is 13.8. The number of methoxy groups -OCH3 is 1. The van der Waals surface area contributed by atoms with E-state index in [1.54, 1.807) is 7.11 Å². The van der Waals surface area contributed by atoms with E-state index in [1.807, 2.05) is 55.5 Å². The topological polar surface area (TPSA) is 26.3 Å². The van der Waals surface area contributed by atoms with Gasteiger partial charge in [0.25, 0.3) is 0 Å². The lowest BCUT2D eigenvalue weighted by Crippen LogP contribution is -2.01. The highest BCUT2D eigenvalue weighted by molar-refractivity contribution is 7.85. The van der Waals surface area contributed by atoms with Gasteiger partial charge in [0.05, 0.1) is 17.9 Å². The molecular weight excluding hydrogens is 256 g/mol. The van der Waals surface area contributed by atoms with Crippen LogP contribution in [-0.4, -0.2) is 17.1 Å². The highest BCUT2D eigenvalue weighted by Gasteiger charge is 2.04. The molecule has 2 rings (SSSR count). The van der Waals surface area contributed by atoms with Gasteiger partial charge >= 0.3 is 0 Å². The minimum absolute atomic E-state index is 0.648. The zero-order valence-electron chi connectivity index (χ0n) is 11.3. The molecule has 19 heavy (non-hydrogen) atoms. The lowest BCUT2D eigenvalue weighted by molar-refractivity contribution is 0.414. The summed E-state index contributed by atoms with van der Waals surface area (Å²) in [6, 6.07) is 15.8. The summed E-state index contributed by atoms with van der Waals surface area (Å²) < 4.78 is 17.3. The first-order chi connectivity index (χ1) is 9.19. The van der Waals surface area contributed by atoms with Crippen molar-refractivity contribution in [2.24, 2.45) is 0 Å². The Balaban J connectivity index is 1.94. The van der Waals surface area contributed by atoms with Crippen LogP contribution in [0.4, 0.5) is 0 Å². The molecule has 0 radical (unpaired) electrons. The van der Waals surface area contributed by atoms with Gasteiger partial charge in [-0.05, 0) is 43.2 Å². The molecule has 0 saturated carbocycles. The summed E-state index contributed by atoms with van der Waals surface area (Å²) >= 11 is 0. The van der Waals surface area contributed by atoms with Crippen molar-refractivity contribution in [3.63, 3.8) is 0 Å². The summed E-state index contributed by atoms with van der Waals surface area (Å²) in [7, 11) is 0.724. The Kier molecular flexibility index (Phi) is 4.74. The van der Waals surface area contributed by atoms with Crippen molar-refractivity contribution >= 4 is 10.8 Å². The van der Waals surface area contributed by atoms with Crippen LogP contribution in [0.3, 0.4) is 0 Å². The summed E-state index contributed by atoms with van der Waals surface area (Å²) in [4.78, 5) is 0.902. The van der Waals surface area contributed by atoms with Crippen molar-refractivity contribution in [3.8, 4) is 5.75 Å². The Bertz CT molecular complexity index is 544. The summed E-state index contributed by atoms with van der Waals surface area (Å²) in [5.74, 6) is 1.50. The molecule has 0 aliphatic heterocycles. The second-order valence-electron chi connectivity index (χ2n) is 4.46. The van der Waals surface area contributed by atoms with Gasteiger partial charge in [-0.3, -0.25) is 4.21 Å². The summed E-state index contributed by atoms with van der Waals surface area (Å²) in [5, 5.41) is 0. The quantitative estimate of drug-likeness (QED) is 0.835. The van der Waals surface area contributed by atoms with E-state index in [4.69, 9.17) is 4.74 Å². The molecule has 2 aromatic rings. The van der Waals surface area contributed by atoms with Crippen molar-refractivity contribution in [1.29, 1.82) is 0 Å². The summed E-state index contributed by atoms with van der Waals surface area (Å²) in [6.45, 7) is 2.03. The first-order valence-electron chi connectivity index (χ1n) is 6.27. The molecule has 2 nitrogen and oxygen atoms in total.